The van der Waals surface area contributed by atoms with E-state index in [9.17, 15) is 14.7 Å². The van der Waals surface area contributed by atoms with E-state index in [-0.39, 0.29) is 19.0 Å². The van der Waals surface area contributed by atoms with Crippen LogP contribution < -0.4 is 0 Å². The second kappa shape index (κ2) is 4.81. The van der Waals surface area contributed by atoms with Crippen molar-refractivity contribution in [3.63, 3.8) is 0 Å². The normalized spacial score (nSPS) is 21.4. The second-order valence-corrected chi connectivity index (χ2v) is 5.62. The van der Waals surface area contributed by atoms with E-state index in [1.165, 1.54) is 4.90 Å². The summed E-state index contributed by atoms with van der Waals surface area (Å²) in [5, 5.41) is 9.35. The van der Waals surface area contributed by atoms with Crippen LogP contribution in [0.15, 0.2) is 6.33 Å². The minimum absolute atomic E-state index is 0.218. The fourth-order valence-electron chi connectivity index (χ4n) is 2.64. The highest BCUT2D eigenvalue weighted by Crippen LogP contribution is 2.30. The summed E-state index contributed by atoms with van der Waals surface area (Å²) in [4.78, 5) is 34.0. The summed E-state index contributed by atoms with van der Waals surface area (Å²) >= 11 is 0. The van der Waals surface area contributed by atoms with Gasteiger partial charge in [-0.25, -0.2) is 14.6 Å². The Hall–Kier alpha value is -2.05. The van der Waals surface area contributed by atoms with Crippen LogP contribution in [0.1, 0.15) is 24.2 Å². The molecule has 1 atom stereocenters. The molecule has 3 rings (SSSR count). The number of aromatic nitrogens is 2. The van der Waals surface area contributed by atoms with Gasteiger partial charge in [-0.1, -0.05) is 0 Å². The highest BCUT2D eigenvalue weighted by Gasteiger charge is 2.38. The Bertz CT molecular complexity index is 537. The van der Waals surface area contributed by atoms with Gasteiger partial charge in [0.2, 0.25) is 0 Å². The monoisotopic (exact) mass is 278 g/mol. The van der Waals surface area contributed by atoms with Gasteiger partial charge >= 0.3 is 12.0 Å². The highest BCUT2D eigenvalue weighted by molar-refractivity contribution is 5.83. The molecule has 1 aliphatic carbocycles. The van der Waals surface area contributed by atoms with Gasteiger partial charge in [-0.15, -0.1) is 0 Å². The molecule has 2 heterocycles. The molecule has 1 aliphatic heterocycles. The molecular weight excluding hydrogens is 260 g/mol. The number of hydrogen-bond acceptors (Lipinski definition) is 3. The predicted octanol–water partition coefficient (Wildman–Crippen LogP) is 0.683. The number of carbonyl (C=O) groups excluding carboxylic acids is 1. The van der Waals surface area contributed by atoms with Crippen LogP contribution in [0.5, 0.6) is 0 Å². The van der Waals surface area contributed by atoms with Crippen molar-refractivity contribution in [3.8, 4) is 0 Å². The third-order valence-corrected chi connectivity index (χ3v) is 3.99. The number of urea groups is 1. The Morgan fingerprint density at radius 2 is 2.30 bits per heavy atom. The number of nitrogens with zero attached hydrogens (tertiary/aromatic N) is 3. The highest BCUT2D eigenvalue weighted by atomic mass is 16.4. The number of amides is 2. The number of carboxylic acids is 1. The largest absolute Gasteiger partial charge is 0.480 e. The van der Waals surface area contributed by atoms with Crippen molar-refractivity contribution in [3.05, 3.63) is 17.7 Å². The van der Waals surface area contributed by atoms with Crippen molar-refractivity contribution >= 4 is 12.0 Å². The number of nitrogens with one attached hydrogen (secondary N) is 1. The fraction of sp³-hybridized carbons (Fsp3) is 0.615. The molecule has 1 fully saturated rings. The van der Waals surface area contributed by atoms with Crippen LogP contribution in [0, 0.1) is 5.92 Å². The van der Waals surface area contributed by atoms with Crippen LogP contribution in [-0.4, -0.2) is 56.5 Å². The Labute approximate surface area is 116 Å². The SMILES string of the molecule is CN(CC1CC1)C(=O)N1Cc2[nH]cnc2CC1C(=O)O. The lowest BCUT2D eigenvalue weighted by Crippen LogP contribution is -2.53. The Balaban J connectivity index is 1.78. The van der Waals surface area contributed by atoms with Gasteiger partial charge in [-0.3, -0.25) is 0 Å². The van der Waals surface area contributed by atoms with Gasteiger partial charge in [0.1, 0.15) is 6.04 Å². The molecular formula is C13H18N4O3. The van der Waals surface area contributed by atoms with Gasteiger partial charge < -0.3 is 19.9 Å². The van der Waals surface area contributed by atoms with Gasteiger partial charge in [0.05, 0.1) is 24.3 Å². The average Bonchev–Trinajstić information content (AvgIpc) is 3.11. The molecule has 108 valence electrons. The van der Waals surface area contributed by atoms with Crippen molar-refractivity contribution in [2.45, 2.75) is 31.8 Å². The molecule has 1 saturated carbocycles. The van der Waals surface area contributed by atoms with Gasteiger partial charge in [0, 0.05) is 20.0 Å². The summed E-state index contributed by atoms with van der Waals surface area (Å²) in [7, 11) is 1.74. The molecule has 1 aromatic heterocycles. The number of hydrogen-bond donors (Lipinski definition) is 2. The first-order chi connectivity index (χ1) is 9.56. The van der Waals surface area contributed by atoms with Crippen LogP contribution in [0.2, 0.25) is 0 Å². The summed E-state index contributed by atoms with van der Waals surface area (Å²) in [6.45, 7) is 0.984. The molecule has 0 spiro atoms. The van der Waals surface area contributed by atoms with Crippen LogP contribution in [0.4, 0.5) is 4.79 Å². The molecule has 7 nitrogen and oxygen atoms in total. The van der Waals surface area contributed by atoms with Gasteiger partial charge in [0.15, 0.2) is 0 Å². The number of aromatic amines is 1. The average molecular weight is 278 g/mol. The van der Waals surface area contributed by atoms with E-state index < -0.39 is 12.0 Å². The van der Waals surface area contributed by atoms with E-state index in [1.54, 1.807) is 18.3 Å². The summed E-state index contributed by atoms with van der Waals surface area (Å²) < 4.78 is 0. The van der Waals surface area contributed by atoms with Crippen LogP contribution in [-0.2, 0) is 17.8 Å². The maximum Gasteiger partial charge on any atom is 0.326 e. The third-order valence-electron chi connectivity index (χ3n) is 3.99. The molecule has 0 radical (unpaired) electrons. The van der Waals surface area contributed by atoms with Crippen molar-refractivity contribution in [1.82, 2.24) is 19.8 Å². The van der Waals surface area contributed by atoms with E-state index in [0.29, 0.717) is 12.5 Å². The molecule has 1 unspecified atom stereocenters. The molecule has 2 amide bonds. The van der Waals surface area contributed by atoms with Gasteiger partial charge in [-0.2, -0.15) is 0 Å². The maximum absolute atomic E-state index is 12.5. The minimum atomic E-state index is -0.980. The van der Waals surface area contributed by atoms with E-state index in [4.69, 9.17) is 0 Å². The van der Waals surface area contributed by atoms with Crippen molar-refractivity contribution < 1.29 is 14.7 Å². The molecule has 1 aromatic rings. The molecule has 0 aromatic carbocycles. The lowest BCUT2D eigenvalue weighted by Gasteiger charge is -2.35. The third kappa shape index (κ3) is 2.35. The summed E-state index contributed by atoms with van der Waals surface area (Å²) in [5.41, 5.74) is 1.57. The van der Waals surface area contributed by atoms with Crippen LogP contribution in [0.3, 0.4) is 0 Å². The summed E-state index contributed by atoms with van der Waals surface area (Å²) in [5.74, 6) is -0.397. The number of carboxylic acid groups (broad SMARTS) is 1. The molecule has 7 heteroatoms. The topological polar surface area (TPSA) is 89.5 Å². The first-order valence-electron chi connectivity index (χ1n) is 6.82. The Morgan fingerprint density at radius 1 is 1.55 bits per heavy atom. The number of imidazole rings is 1. The van der Waals surface area contributed by atoms with Crippen LogP contribution >= 0.6 is 0 Å². The predicted molar refractivity (Wildman–Crippen MR) is 70.0 cm³/mol. The van der Waals surface area contributed by atoms with Crippen molar-refractivity contribution in [2.24, 2.45) is 5.92 Å². The Morgan fingerprint density at radius 3 is 2.95 bits per heavy atom. The van der Waals surface area contributed by atoms with Crippen LogP contribution in [0.25, 0.3) is 0 Å². The number of H-pyrrole nitrogens is 1. The lowest BCUT2D eigenvalue weighted by molar-refractivity contribution is -0.142. The van der Waals surface area contributed by atoms with Crippen molar-refractivity contribution in [1.29, 1.82) is 0 Å². The number of aliphatic carboxylic acids is 1. The fourth-order valence-corrected chi connectivity index (χ4v) is 2.64. The first-order valence-corrected chi connectivity index (χ1v) is 6.82. The molecule has 0 saturated heterocycles. The molecule has 0 bridgehead atoms. The van der Waals surface area contributed by atoms with Gasteiger partial charge in [-0.05, 0) is 18.8 Å². The lowest BCUT2D eigenvalue weighted by atomic mass is 10.0. The smallest absolute Gasteiger partial charge is 0.326 e. The summed E-state index contributed by atoms with van der Waals surface area (Å²) in [6, 6.07) is -1.05. The standard InChI is InChI=1S/C13H18N4O3/c1-16(5-8-2-3-8)13(20)17-6-10-9(14-7-15-10)4-11(17)12(18)19/h7-8,11H,2-6H2,1H3,(H,14,15)(H,18,19). The zero-order valence-electron chi connectivity index (χ0n) is 11.4. The minimum Gasteiger partial charge on any atom is -0.480 e. The number of rotatable bonds is 3. The molecule has 2 N–H and O–H groups in total. The zero-order chi connectivity index (χ0) is 14.3. The van der Waals surface area contributed by atoms with E-state index >= 15 is 0 Å². The van der Waals surface area contributed by atoms with Gasteiger partial charge in [0.25, 0.3) is 0 Å². The number of carbonyl (C=O) groups is 2. The zero-order valence-corrected chi connectivity index (χ0v) is 11.4. The van der Waals surface area contributed by atoms with E-state index in [2.05, 4.69) is 9.97 Å². The van der Waals surface area contributed by atoms with E-state index in [0.717, 1.165) is 24.2 Å². The summed E-state index contributed by atoms with van der Waals surface area (Å²) in [6.07, 6.45) is 4.12. The number of fused-ring (bicyclic) bond motifs is 1. The molecule has 20 heavy (non-hydrogen) atoms. The first kappa shape index (κ1) is 13.0. The van der Waals surface area contributed by atoms with Crippen molar-refractivity contribution in [2.75, 3.05) is 13.6 Å². The quantitative estimate of drug-likeness (QED) is 0.851. The Kier molecular flexibility index (Phi) is 3.11. The molecule has 2 aliphatic rings. The van der Waals surface area contributed by atoms with E-state index in [1.807, 2.05) is 0 Å². The maximum atomic E-state index is 12.5. The second-order valence-electron chi connectivity index (χ2n) is 5.62.